The van der Waals surface area contributed by atoms with Crippen molar-refractivity contribution < 1.29 is 9.52 Å². The highest BCUT2D eigenvalue weighted by Crippen LogP contribution is 2.15. The largest absolute Gasteiger partial charge is 0.466 e. The highest BCUT2D eigenvalue weighted by atomic mass is 16.3. The molecule has 3 nitrogen and oxygen atoms in total. The Bertz CT molecular complexity index is 1150. The molecule has 1 aromatic heterocycles. The molecule has 1 atom stereocenters. The summed E-state index contributed by atoms with van der Waals surface area (Å²) >= 11 is 0. The van der Waals surface area contributed by atoms with E-state index in [-0.39, 0.29) is 5.43 Å². The number of terminal acetylenes is 2. The summed E-state index contributed by atoms with van der Waals surface area (Å²) < 4.78 is 6.02. The third kappa shape index (κ3) is 30.8. The van der Waals surface area contributed by atoms with Crippen LogP contribution >= 0.6 is 0 Å². The third-order valence-corrected chi connectivity index (χ3v) is 8.98. The molecular formula is C46H70O3. The maximum Gasteiger partial charge on any atom is 0.185 e. The van der Waals surface area contributed by atoms with Crippen molar-refractivity contribution in [2.45, 2.75) is 186 Å². The van der Waals surface area contributed by atoms with Crippen molar-refractivity contribution in [2.75, 3.05) is 0 Å². The lowest BCUT2D eigenvalue weighted by atomic mass is 10.0. The lowest BCUT2D eigenvalue weighted by Crippen LogP contribution is -2.03. The van der Waals surface area contributed by atoms with Crippen LogP contribution < -0.4 is 5.43 Å². The van der Waals surface area contributed by atoms with E-state index in [1.165, 1.54) is 109 Å². The zero-order valence-corrected chi connectivity index (χ0v) is 31.1. The van der Waals surface area contributed by atoms with Gasteiger partial charge in [0, 0.05) is 25.0 Å². The van der Waals surface area contributed by atoms with Gasteiger partial charge in [-0.25, -0.2) is 0 Å². The Morgan fingerprint density at radius 3 is 1.33 bits per heavy atom. The number of aliphatic hydroxyl groups is 1. The Labute approximate surface area is 301 Å². The van der Waals surface area contributed by atoms with E-state index in [9.17, 15) is 9.90 Å². The fraction of sp³-hybridized carbons (Fsp3) is 0.630. The van der Waals surface area contributed by atoms with Crippen LogP contribution in [0.5, 0.6) is 0 Å². The SMILES string of the molecule is C#C/C=C\CCCCCCCCCCCCCC/C=C\CCCC/C=C\CCCCc1cc(=O)cc(CCCCCC/C=C/[C@@H](O)C#C)o1. The first-order valence-electron chi connectivity index (χ1n) is 20.0. The van der Waals surface area contributed by atoms with Gasteiger partial charge in [0.1, 0.15) is 17.6 Å². The van der Waals surface area contributed by atoms with Crippen LogP contribution in [-0.2, 0) is 12.8 Å². The van der Waals surface area contributed by atoms with Crippen LogP contribution in [0.4, 0.5) is 0 Å². The number of hydrogen-bond acceptors (Lipinski definition) is 3. The van der Waals surface area contributed by atoms with E-state index in [0.717, 1.165) is 82.1 Å². The van der Waals surface area contributed by atoms with Gasteiger partial charge < -0.3 is 9.52 Å². The minimum atomic E-state index is -0.778. The maximum atomic E-state index is 12.1. The summed E-state index contributed by atoms with van der Waals surface area (Å²) in [6, 6.07) is 3.30. The van der Waals surface area contributed by atoms with Crippen LogP contribution in [0.1, 0.15) is 178 Å². The fourth-order valence-electron chi connectivity index (χ4n) is 6.03. The quantitative estimate of drug-likeness (QED) is 0.0460. The van der Waals surface area contributed by atoms with Crippen LogP contribution in [-0.4, -0.2) is 11.2 Å². The van der Waals surface area contributed by atoms with Gasteiger partial charge in [0.2, 0.25) is 0 Å². The van der Waals surface area contributed by atoms with Crippen molar-refractivity contribution in [3.63, 3.8) is 0 Å². The molecule has 272 valence electrons. The minimum Gasteiger partial charge on any atom is -0.466 e. The molecule has 0 aliphatic carbocycles. The third-order valence-electron chi connectivity index (χ3n) is 8.98. The topological polar surface area (TPSA) is 50.4 Å². The molecule has 0 saturated carbocycles. The average molecular weight is 671 g/mol. The van der Waals surface area contributed by atoms with Gasteiger partial charge in [-0.15, -0.1) is 12.8 Å². The number of allylic oxidation sites excluding steroid dienone is 7. The second-order valence-electron chi connectivity index (χ2n) is 13.6. The van der Waals surface area contributed by atoms with E-state index in [1.807, 2.05) is 12.2 Å². The molecule has 0 aromatic carbocycles. The Balaban J connectivity index is 1.90. The van der Waals surface area contributed by atoms with Crippen molar-refractivity contribution in [1.82, 2.24) is 0 Å². The molecule has 49 heavy (non-hydrogen) atoms. The van der Waals surface area contributed by atoms with Crippen LogP contribution in [0.3, 0.4) is 0 Å². The van der Waals surface area contributed by atoms with E-state index in [2.05, 4.69) is 42.2 Å². The van der Waals surface area contributed by atoms with Crippen molar-refractivity contribution in [3.05, 3.63) is 82.5 Å². The summed E-state index contributed by atoms with van der Waals surface area (Å²) in [7, 11) is 0. The van der Waals surface area contributed by atoms with Gasteiger partial charge in [0.05, 0.1) is 0 Å². The summed E-state index contributed by atoms with van der Waals surface area (Å²) in [6.07, 6.45) is 60.6. The van der Waals surface area contributed by atoms with E-state index in [0.29, 0.717) is 0 Å². The first-order chi connectivity index (χ1) is 24.2. The van der Waals surface area contributed by atoms with E-state index >= 15 is 0 Å². The van der Waals surface area contributed by atoms with Crippen LogP contribution in [0.2, 0.25) is 0 Å². The van der Waals surface area contributed by atoms with Crippen LogP contribution in [0, 0.1) is 24.7 Å². The Hall–Kier alpha value is -3.01. The molecule has 0 bridgehead atoms. The molecule has 0 spiro atoms. The normalized spacial score (nSPS) is 12.5. The molecule has 0 radical (unpaired) electrons. The van der Waals surface area contributed by atoms with Gasteiger partial charge in [-0.05, 0) is 102 Å². The second kappa shape index (κ2) is 34.8. The fourth-order valence-corrected chi connectivity index (χ4v) is 6.03. The molecule has 0 fully saturated rings. The first-order valence-corrected chi connectivity index (χ1v) is 20.0. The summed E-state index contributed by atoms with van der Waals surface area (Å²) in [6.45, 7) is 0. The molecule has 0 aliphatic rings. The van der Waals surface area contributed by atoms with E-state index in [1.54, 1.807) is 18.2 Å². The lowest BCUT2D eigenvalue weighted by molar-refractivity contribution is 0.280. The summed E-state index contributed by atoms with van der Waals surface area (Å²) in [5.74, 6) is 6.46. The molecule has 1 aromatic rings. The van der Waals surface area contributed by atoms with E-state index < -0.39 is 6.10 Å². The van der Waals surface area contributed by atoms with Crippen LogP contribution in [0.25, 0.3) is 0 Å². The summed E-state index contributed by atoms with van der Waals surface area (Å²) in [5.41, 5.74) is 0.0548. The molecule has 0 amide bonds. The minimum absolute atomic E-state index is 0.0548. The van der Waals surface area contributed by atoms with E-state index in [4.69, 9.17) is 17.3 Å². The Kier molecular flexibility index (Phi) is 31.3. The predicted octanol–water partition coefficient (Wildman–Crippen LogP) is 12.7. The van der Waals surface area contributed by atoms with Gasteiger partial charge in [0.15, 0.2) is 5.43 Å². The number of aliphatic hydroxyl groups excluding tert-OH is 1. The lowest BCUT2D eigenvalue weighted by Gasteiger charge is -2.05. The molecule has 3 heteroatoms. The molecule has 0 unspecified atom stereocenters. The maximum absolute atomic E-state index is 12.1. The van der Waals surface area contributed by atoms with Crippen molar-refractivity contribution in [2.24, 2.45) is 0 Å². The molecule has 0 saturated heterocycles. The average Bonchev–Trinajstić information content (AvgIpc) is 3.10. The monoisotopic (exact) mass is 671 g/mol. The molecule has 1 rings (SSSR count). The van der Waals surface area contributed by atoms with Crippen molar-refractivity contribution >= 4 is 0 Å². The standard InChI is InChI=1S/C46H70O3/c1-3-5-6-7-8-9-10-11-12-13-14-15-16-17-18-19-20-21-22-23-24-25-26-27-28-29-33-36-39-45-41-44(48)42-46(49-45)40-37-34-31-30-32-35-38-43(47)4-2/h1-2,5-6,21-22,27-28,35,38,41-43,47H,7-20,23-26,29-34,36-37,39-40H2/b6-5-,22-21-,28-27-,38-35+/t43-/m0/s1. The van der Waals surface area contributed by atoms with Gasteiger partial charge in [-0.3, -0.25) is 4.79 Å². The van der Waals surface area contributed by atoms with Crippen molar-refractivity contribution in [3.8, 4) is 24.7 Å². The molecule has 1 heterocycles. The van der Waals surface area contributed by atoms with Crippen molar-refractivity contribution in [1.29, 1.82) is 0 Å². The van der Waals surface area contributed by atoms with Crippen LogP contribution in [0.15, 0.2) is 70.0 Å². The smallest absolute Gasteiger partial charge is 0.185 e. The zero-order chi connectivity index (χ0) is 35.3. The highest BCUT2D eigenvalue weighted by Gasteiger charge is 2.03. The first kappa shape index (κ1) is 44.0. The van der Waals surface area contributed by atoms with Gasteiger partial charge in [0.25, 0.3) is 0 Å². The number of rotatable bonds is 33. The number of hydrogen-bond donors (Lipinski definition) is 1. The zero-order valence-electron chi connectivity index (χ0n) is 31.1. The number of aryl methyl sites for hydroxylation is 2. The summed E-state index contributed by atoms with van der Waals surface area (Å²) in [4.78, 5) is 12.1. The summed E-state index contributed by atoms with van der Waals surface area (Å²) in [5, 5.41) is 9.31. The second-order valence-corrected chi connectivity index (χ2v) is 13.6. The highest BCUT2D eigenvalue weighted by molar-refractivity contribution is 5.09. The van der Waals surface area contributed by atoms with Gasteiger partial charge >= 0.3 is 0 Å². The molecule has 0 aliphatic heterocycles. The Morgan fingerprint density at radius 1 is 0.531 bits per heavy atom. The van der Waals surface area contributed by atoms with Gasteiger partial charge in [-0.1, -0.05) is 125 Å². The number of unbranched alkanes of at least 4 members (excludes halogenated alkanes) is 22. The molecular weight excluding hydrogens is 601 g/mol. The van der Waals surface area contributed by atoms with Gasteiger partial charge in [-0.2, -0.15) is 0 Å². The Morgan fingerprint density at radius 2 is 0.878 bits per heavy atom. The molecule has 1 N–H and O–H groups in total. The predicted molar refractivity (Wildman–Crippen MR) is 213 cm³/mol.